The molecule has 0 unspecified atom stereocenters. The number of hydrogen-bond donors (Lipinski definition) is 1. The Morgan fingerprint density at radius 1 is 1.29 bits per heavy atom. The maximum atomic E-state index is 9.40. The summed E-state index contributed by atoms with van der Waals surface area (Å²) in [6.07, 6.45) is 0. The molecule has 2 aromatic rings. The SMILES string of the molecule is Cc1nc(C)n(-c2ccc(CNC(C)(C)C)cc2C#N)n1. The summed E-state index contributed by atoms with van der Waals surface area (Å²) in [4.78, 5) is 4.28. The zero-order valence-corrected chi connectivity index (χ0v) is 13.2. The van der Waals surface area contributed by atoms with E-state index in [4.69, 9.17) is 0 Å². The largest absolute Gasteiger partial charge is 0.308 e. The first kappa shape index (κ1) is 15.2. The van der Waals surface area contributed by atoms with E-state index in [1.54, 1.807) is 4.68 Å². The Hall–Kier alpha value is -2.19. The number of benzene rings is 1. The van der Waals surface area contributed by atoms with Crippen molar-refractivity contribution >= 4 is 0 Å². The van der Waals surface area contributed by atoms with Gasteiger partial charge in [0.05, 0.1) is 11.3 Å². The van der Waals surface area contributed by atoms with Crippen LogP contribution in [0.1, 0.15) is 43.5 Å². The molecular formula is C16H21N5. The van der Waals surface area contributed by atoms with Crippen LogP contribution in [0, 0.1) is 25.2 Å². The molecule has 110 valence electrons. The lowest BCUT2D eigenvalue weighted by Gasteiger charge is -2.20. The van der Waals surface area contributed by atoms with Crippen LogP contribution in [0.25, 0.3) is 5.69 Å². The second-order valence-electron chi connectivity index (χ2n) is 6.18. The average molecular weight is 283 g/mol. The molecule has 0 saturated heterocycles. The van der Waals surface area contributed by atoms with Crippen LogP contribution in [0.15, 0.2) is 18.2 Å². The van der Waals surface area contributed by atoms with E-state index in [1.165, 1.54) is 0 Å². The molecule has 0 aliphatic carbocycles. The molecule has 5 nitrogen and oxygen atoms in total. The fourth-order valence-corrected chi connectivity index (χ4v) is 2.08. The van der Waals surface area contributed by atoms with E-state index in [1.807, 2.05) is 32.0 Å². The number of nitriles is 1. The summed E-state index contributed by atoms with van der Waals surface area (Å²) in [5.74, 6) is 1.49. The van der Waals surface area contributed by atoms with E-state index in [-0.39, 0.29) is 5.54 Å². The Bertz CT molecular complexity index is 686. The molecule has 0 bridgehead atoms. The molecular weight excluding hydrogens is 262 g/mol. The van der Waals surface area contributed by atoms with Gasteiger partial charge in [0.1, 0.15) is 17.7 Å². The molecule has 0 aliphatic heterocycles. The number of aromatic nitrogens is 3. The van der Waals surface area contributed by atoms with Crippen molar-refractivity contribution in [3.8, 4) is 11.8 Å². The molecule has 0 radical (unpaired) electrons. The van der Waals surface area contributed by atoms with Crippen LogP contribution < -0.4 is 5.32 Å². The van der Waals surface area contributed by atoms with E-state index in [2.05, 4.69) is 42.2 Å². The lowest BCUT2D eigenvalue weighted by Crippen LogP contribution is -2.35. The van der Waals surface area contributed by atoms with Crippen LogP contribution >= 0.6 is 0 Å². The predicted molar refractivity (Wildman–Crippen MR) is 82.1 cm³/mol. The van der Waals surface area contributed by atoms with E-state index in [0.717, 1.165) is 23.6 Å². The minimum Gasteiger partial charge on any atom is -0.308 e. The zero-order chi connectivity index (χ0) is 15.6. The first-order valence-electron chi connectivity index (χ1n) is 6.99. The minimum atomic E-state index is 0.0467. The molecule has 0 saturated carbocycles. The Kier molecular flexibility index (Phi) is 4.10. The summed E-state index contributed by atoms with van der Waals surface area (Å²) in [7, 11) is 0. The van der Waals surface area contributed by atoms with Gasteiger partial charge in [-0.2, -0.15) is 10.4 Å². The van der Waals surface area contributed by atoms with Crippen LogP contribution in [0.5, 0.6) is 0 Å². The van der Waals surface area contributed by atoms with Crippen molar-refractivity contribution in [3.05, 3.63) is 41.0 Å². The highest BCUT2D eigenvalue weighted by Gasteiger charge is 2.12. The molecule has 0 amide bonds. The molecule has 0 spiro atoms. The molecule has 1 aromatic heterocycles. The summed E-state index contributed by atoms with van der Waals surface area (Å²) in [6.45, 7) is 10.8. The van der Waals surface area contributed by atoms with E-state index >= 15 is 0 Å². The first-order chi connectivity index (χ1) is 9.80. The third-order valence-electron chi connectivity index (χ3n) is 3.11. The highest BCUT2D eigenvalue weighted by Crippen LogP contribution is 2.17. The van der Waals surface area contributed by atoms with Crippen LogP contribution in [-0.4, -0.2) is 20.3 Å². The molecule has 1 N–H and O–H groups in total. The second-order valence-corrected chi connectivity index (χ2v) is 6.18. The second kappa shape index (κ2) is 5.66. The summed E-state index contributed by atoms with van der Waals surface area (Å²) in [5.41, 5.74) is 2.51. The topological polar surface area (TPSA) is 66.5 Å². The van der Waals surface area contributed by atoms with Gasteiger partial charge in [-0.25, -0.2) is 9.67 Å². The summed E-state index contributed by atoms with van der Waals surface area (Å²) < 4.78 is 1.72. The number of hydrogen-bond acceptors (Lipinski definition) is 4. The van der Waals surface area contributed by atoms with Crippen molar-refractivity contribution in [2.75, 3.05) is 0 Å². The highest BCUT2D eigenvalue weighted by atomic mass is 15.3. The maximum absolute atomic E-state index is 9.40. The van der Waals surface area contributed by atoms with Gasteiger partial charge in [-0.15, -0.1) is 0 Å². The number of nitrogens with one attached hydrogen (secondary N) is 1. The fraction of sp³-hybridized carbons (Fsp3) is 0.438. The summed E-state index contributed by atoms with van der Waals surface area (Å²) in [6, 6.07) is 8.11. The molecule has 1 heterocycles. The highest BCUT2D eigenvalue weighted by molar-refractivity contribution is 5.50. The van der Waals surface area contributed by atoms with Gasteiger partial charge < -0.3 is 5.32 Å². The molecule has 21 heavy (non-hydrogen) atoms. The molecule has 0 aliphatic rings. The molecule has 0 fully saturated rings. The lowest BCUT2D eigenvalue weighted by molar-refractivity contribution is 0.424. The van der Waals surface area contributed by atoms with Gasteiger partial charge in [-0.1, -0.05) is 6.07 Å². The van der Waals surface area contributed by atoms with Crippen molar-refractivity contribution in [2.45, 2.75) is 46.7 Å². The van der Waals surface area contributed by atoms with E-state index in [0.29, 0.717) is 11.4 Å². The quantitative estimate of drug-likeness (QED) is 0.940. The van der Waals surface area contributed by atoms with Gasteiger partial charge in [0.25, 0.3) is 0 Å². The molecule has 5 heteroatoms. The smallest absolute Gasteiger partial charge is 0.148 e. The third-order valence-corrected chi connectivity index (χ3v) is 3.11. The Morgan fingerprint density at radius 3 is 2.52 bits per heavy atom. The van der Waals surface area contributed by atoms with E-state index < -0.39 is 0 Å². The van der Waals surface area contributed by atoms with Crippen molar-refractivity contribution in [3.63, 3.8) is 0 Å². The summed E-state index contributed by atoms with van der Waals surface area (Å²) >= 11 is 0. The van der Waals surface area contributed by atoms with Gasteiger partial charge in [0.15, 0.2) is 0 Å². The normalized spacial score (nSPS) is 11.4. The Balaban J connectivity index is 2.34. The molecule has 0 atom stereocenters. The monoisotopic (exact) mass is 283 g/mol. The average Bonchev–Trinajstić information content (AvgIpc) is 2.74. The van der Waals surface area contributed by atoms with Crippen molar-refractivity contribution in [1.82, 2.24) is 20.1 Å². The maximum Gasteiger partial charge on any atom is 0.148 e. The number of aryl methyl sites for hydroxylation is 2. The van der Waals surface area contributed by atoms with Gasteiger partial charge in [-0.3, -0.25) is 0 Å². The number of nitrogens with zero attached hydrogens (tertiary/aromatic N) is 4. The van der Waals surface area contributed by atoms with Gasteiger partial charge >= 0.3 is 0 Å². The number of rotatable bonds is 3. The van der Waals surface area contributed by atoms with Crippen LogP contribution in [-0.2, 0) is 6.54 Å². The van der Waals surface area contributed by atoms with Crippen molar-refractivity contribution in [1.29, 1.82) is 5.26 Å². The third kappa shape index (κ3) is 3.67. The lowest BCUT2D eigenvalue weighted by atomic mass is 10.1. The Labute approximate surface area is 125 Å². The standard InChI is InChI=1S/C16H21N5/c1-11-19-12(2)21(20-11)15-7-6-13(8-14(15)9-17)10-18-16(3,4)5/h6-8,18H,10H2,1-5H3. The fourth-order valence-electron chi connectivity index (χ4n) is 2.08. The minimum absolute atomic E-state index is 0.0467. The van der Waals surface area contributed by atoms with Crippen LogP contribution in [0.4, 0.5) is 0 Å². The van der Waals surface area contributed by atoms with Crippen molar-refractivity contribution < 1.29 is 0 Å². The zero-order valence-electron chi connectivity index (χ0n) is 13.2. The van der Waals surface area contributed by atoms with Crippen LogP contribution in [0.3, 0.4) is 0 Å². The van der Waals surface area contributed by atoms with Crippen LogP contribution in [0.2, 0.25) is 0 Å². The van der Waals surface area contributed by atoms with Gasteiger partial charge in [-0.05, 0) is 52.3 Å². The van der Waals surface area contributed by atoms with Gasteiger partial charge in [0.2, 0.25) is 0 Å². The molecule has 1 aromatic carbocycles. The predicted octanol–water partition coefficient (Wildman–Crippen LogP) is 2.64. The van der Waals surface area contributed by atoms with Gasteiger partial charge in [0, 0.05) is 12.1 Å². The Morgan fingerprint density at radius 2 is 2.00 bits per heavy atom. The van der Waals surface area contributed by atoms with Crippen molar-refractivity contribution in [2.24, 2.45) is 0 Å². The first-order valence-corrected chi connectivity index (χ1v) is 6.99. The summed E-state index contributed by atoms with van der Waals surface area (Å²) in [5, 5.41) is 17.2. The van der Waals surface area contributed by atoms with E-state index in [9.17, 15) is 5.26 Å². The molecule has 2 rings (SSSR count).